The fraction of sp³-hybridized carbons (Fsp3) is 0.438. The molecule has 5 rings (SSSR count). The topological polar surface area (TPSA) is 116 Å². The van der Waals surface area contributed by atoms with E-state index in [0.29, 0.717) is 37.4 Å². The Hall–Kier alpha value is -4.54. The molecule has 0 spiro atoms. The number of benzene rings is 2. The highest BCUT2D eigenvalue weighted by Crippen LogP contribution is 2.31. The smallest absolute Gasteiger partial charge is 0.410 e. The van der Waals surface area contributed by atoms with Crippen LogP contribution in [-0.2, 0) is 10.2 Å². The molecule has 0 bridgehead atoms. The number of rotatable bonds is 5. The Balaban J connectivity index is 1.27. The first-order valence-electron chi connectivity index (χ1n) is 14.6. The largest absolute Gasteiger partial charge is 0.497 e. The van der Waals surface area contributed by atoms with E-state index in [1.54, 1.807) is 18.3 Å². The highest BCUT2D eigenvalue weighted by Gasteiger charge is 2.30. The van der Waals surface area contributed by atoms with E-state index in [2.05, 4.69) is 36.4 Å². The Morgan fingerprint density at radius 3 is 2.26 bits per heavy atom. The predicted octanol–water partition coefficient (Wildman–Crippen LogP) is 6.74. The van der Waals surface area contributed by atoms with Crippen molar-refractivity contribution in [2.75, 3.05) is 30.8 Å². The molecule has 1 aliphatic rings. The molecule has 2 aromatic heterocycles. The molecule has 3 heterocycles. The summed E-state index contributed by atoms with van der Waals surface area (Å²) in [6, 6.07) is 15.0. The molecule has 0 atom stereocenters. The molecule has 228 valence electrons. The number of nitrogens with one attached hydrogen (secondary N) is 2. The standard InChI is InChI=1S/C32H41N7O4/c1-31(2,3)27-19-28(39(36-27)23-14-16-37(17-15-23)30(41)43-32(4,5)6)35-29(40)34-21-8-10-22(11-9-21)38-20-33-25-18-24(42-7)12-13-26(25)38/h8-13,18-20,23H,14-17H2,1-7H3,(H2,34,35,40). The van der Waals surface area contributed by atoms with Gasteiger partial charge in [-0.2, -0.15) is 5.10 Å². The predicted molar refractivity (Wildman–Crippen MR) is 167 cm³/mol. The van der Waals surface area contributed by atoms with Gasteiger partial charge in [0.2, 0.25) is 0 Å². The third kappa shape index (κ3) is 6.93. The maximum Gasteiger partial charge on any atom is 0.410 e. The van der Waals surface area contributed by atoms with Crippen molar-refractivity contribution in [2.45, 2.75) is 71.4 Å². The average Bonchev–Trinajstić information content (AvgIpc) is 3.57. The van der Waals surface area contributed by atoms with Gasteiger partial charge in [-0.1, -0.05) is 20.8 Å². The van der Waals surface area contributed by atoms with Crippen LogP contribution in [0, 0.1) is 0 Å². The fourth-order valence-corrected chi connectivity index (χ4v) is 5.06. The zero-order valence-corrected chi connectivity index (χ0v) is 26.0. The molecule has 1 fully saturated rings. The van der Waals surface area contributed by atoms with Crippen molar-refractivity contribution in [2.24, 2.45) is 0 Å². The van der Waals surface area contributed by atoms with Crippen LogP contribution in [-0.4, -0.2) is 62.2 Å². The summed E-state index contributed by atoms with van der Waals surface area (Å²) in [5.74, 6) is 1.38. The molecule has 0 radical (unpaired) electrons. The third-order valence-electron chi connectivity index (χ3n) is 7.37. The van der Waals surface area contributed by atoms with Gasteiger partial charge < -0.3 is 19.7 Å². The zero-order valence-electron chi connectivity index (χ0n) is 26.0. The number of anilines is 2. The number of imidazole rings is 1. The monoisotopic (exact) mass is 587 g/mol. The average molecular weight is 588 g/mol. The molecular formula is C32H41N7O4. The lowest BCUT2D eigenvalue weighted by atomic mass is 9.92. The van der Waals surface area contributed by atoms with E-state index in [4.69, 9.17) is 14.6 Å². The lowest BCUT2D eigenvalue weighted by Gasteiger charge is -2.34. The van der Waals surface area contributed by atoms with Gasteiger partial charge in [-0.3, -0.25) is 9.88 Å². The fourth-order valence-electron chi connectivity index (χ4n) is 5.06. The molecule has 4 aromatic rings. The number of urea groups is 1. The summed E-state index contributed by atoms with van der Waals surface area (Å²) in [6.07, 6.45) is 2.88. The lowest BCUT2D eigenvalue weighted by Crippen LogP contribution is -2.42. The van der Waals surface area contributed by atoms with Crippen molar-refractivity contribution in [3.05, 3.63) is 60.6 Å². The van der Waals surface area contributed by atoms with Crippen molar-refractivity contribution >= 4 is 34.7 Å². The number of carbonyl (C=O) groups excluding carboxylic acids is 2. The molecule has 1 saturated heterocycles. The number of nitrogens with zero attached hydrogens (tertiary/aromatic N) is 5. The van der Waals surface area contributed by atoms with Gasteiger partial charge in [0.1, 0.15) is 23.5 Å². The van der Waals surface area contributed by atoms with Crippen molar-refractivity contribution < 1.29 is 19.1 Å². The molecule has 0 aliphatic carbocycles. The number of amides is 3. The summed E-state index contributed by atoms with van der Waals surface area (Å²) in [5.41, 5.74) is 3.51. The molecule has 11 heteroatoms. The second kappa shape index (κ2) is 11.6. The molecule has 2 aromatic carbocycles. The number of fused-ring (bicyclic) bond motifs is 1. The van der Waals surface area contributed by atoms with Crippen LogP contribution in [0.25, 0.3) is 16.7 Å². The molecule has 1 aliphatic heterocycles. The SMILES string of the molecule is COc1ccc2c(c1)ncn2-c1ccc(NC(=O)Nc2cc(C(C)(C)C)nn2C2CCN(C(=O)OC(C)(C)C)CC2)cc1. The molecule has 0 saturated carbocycles. The van der Waals surface area contributed by atoms with E-state index < -0.39 is 5.60 Å². The Morgan fingerprint density at radius 1 is 0.930 bits per heavy atom. The summed E-state index contributed by atoms with van der Waals surface area (Å²) >= 11 is 0. The van der Waals surface area contributed by atoms with Crippen LogP contribution in [0.3, 0.4) is 0 Å². The number of carbonyl (C=O) groups is 2. The van der Waals surface area contributed by atoms with E-state index in [-0.39, 0.29) is 23.6 Å². The second-order valence-electron chi connectivity index (χ2n) is 12.9. The molecule has 0 unspecified atom stereocenters. The Kier molecular flexibility index (Phi) is 8.09. The summed E-state index contributed by atoms with van der Waals surface area (Å²) in [5, 5.41) is 10.8. The van der Waals surface area contributed by atoms with E-state index in [1.165, 1.54) is 0 Å². The summed E-state index contributed by atoms with van der Waals surface area (Å²) < 4.78 is 14.7. The normalized spacial score (nSPS) is 14.5. The zero-order chi connectivity index (χ0) is 30.9. The Morgan fingerprint density at radius 2 is 1.63 bits per heavy atom. The highest BCUT2D eigenvalue weighted by molar-refractivity contribution is 5.99. The van der Waals surface area contributed by atoms with E-state index >= 15 is 0 Å². The molecule has 3 amide bonds. The van der Waals surface area contributed by atoms with Gasteiger partial charge in [0.15, 0.2) is 0 Å². The summed E-state index contributed by atoms with van der Waals surface area (Å²) in [6.45, 7) is 13.0. The lowest BCUT2D eigenvalue weighted by molar-refractivity contribution is 0.0185. The van der Waals surface area contributed by atoms with Crippen molar-refractivity contribution in [3.63, 3.8) is 0 Å². The van der Waals surface area contributed by atoms with Crippen molar-refractivity contribution in [3.8, 4) is 11.4 Å². The van der Waals surface area contributed by atoms with Gasteiger partial charge in [-0.25, -0.2) is 19.3 Å². The Bertz CT molecular complexity index is 1600. The number of hydrogen-bond acceptors (Lipinski definition) is 6. The van der Waals surface area contributed by atoms with Crippen molar-refractivity contribution in [1.29, 1.82) is 0 Å². The van der Waals surface area contributed by atoms with Gasteiger partial charge in [0.05, 0.1) is 29.9 Å². The van der Waals surface area contributed by atoms with Crippen LogP contribution in [0.4, 0.5) is 21.1 Å². The molecule has 2 N–H and O–H groups in total. The van der Waals surface area contributed by atoms with Crippen LogP contribution in [0.1, 0.15) is 66.1 Å². The molecule has 11 nitrogen and oxygen atoms in total. The minimum absolute atomic E-state index is 0.0364. The number of hydrogen-bond donors (Lipinski definition) is 2. The van der Waals surface area contributed by atoms with E-state index in [0.717, 1.165) is 28.2 Å². The quantitative estimate of drug-likeness (QED) is 0.267. The number of methoxy groups -OCH3 is 1. The minimum Gasteiger partial charge on any atom is -0.497 e. The van der Waals surface area contributed by atoms with Crippen LogP contribution in [0.15, 0.2) is 54.9 Å². The van der Waals surface area contributed by atoms with Gasteiger partial charge >= 0.3 is 12.1 Å². The highest BCUT2D eigenvalue weighted by atomic mass is 16.6. The maximum absolute atomic E-state index is 13.1. The first-order valence-corrected chi connectivity index (χ1v) is 14.6. The third-order valence-corrected chi connectivity index (χ3v) is 7.37. The first-order chi connectivity index (χ1) is 20.3. The van der Waals surface area contributed by atoms with Crippen molar-refractivity contribution in [1.82, 2.24) is 24.2 Å². The number of piperidine rings is 1. The number of aromatic nitrogens is 4. The van der Waals surface area contributed by atoms with Crippen LogP contribution in [0.2, 0.25) is 0 Å². The van der Waals surface area contributed by atoms with Crippen LogP contribution >= 0.6 is 0 Å². The Labute approximate surface area is 252 Å². The summed E-state index contributed by atoms with van der Waals surface area (Å²) in [7, 11) is 1.63. The van der Waals surface area contributed by atoms with Gasteiger partial charge in [-0.15, -0.1) is 0 Å². The van der Waals surface area contributed by atoms with Gasteiger partial charge in [0, 0.05) is 42.0 Å². The number of likely N-dealkylation sites (tertiary alicyclic amines) is 1. The number of ether oxygens (including phenoxy) is 2. The first kappa shape index (κ1) is 29.9. The second-order valence-corrected chi connectivity index (χ2v) is 12.9. The molecular weight excluding hydrogens is 546 g/mol. The minimum atomic E-state index is -0.537. The van der Waals surface area contributed by atoms with Gasteiger partial charge in [0.25, 0.3) is 0 Å². The van der Waals surface area contributed by atoms with Gasteiger partial charge in [-0.05, 0) is 70.0 Å². The van der Waals surface area contributed by atoms with Crippen LogP contribution < -0.4 is 15.4 Å². The van der Waals surface area contributed by atoms with E-state index in [1.807, 2.05) is 78.6 Å². The summed E-state index contributed by atoms with van der Waals surface area (Å²) in [4.78, 5) is 31.9. The maximum atomic E-state index is 13.1. The van der Waals surface area contributed by atoms with Crippen LogP contribution in [0.5, 0.6) is 5.75 Å². The van der Waals surface area contributed by atoms with E-state index in [9.17, 15) is 9.59 Å². The molecule has 43 heavy (non-hydrogen) atoms.